The minimum Gasteiger partial charge on any atom is -0.453 e. The number of ether oxygens (including phenoxy) is 2. The van der Waals surface area contributed by atoms with Crippen molar-refractivity contribution in [2.75, 3.05) is 27.2 Å². The fourth-order valence-corrected chi connectivity index (χ4v) is 8.62. The van der Waals surface area contributed by atoms with E-state index in [9.17, 15) is 19.2 Å². The zero-order valence-corrected chi connectivity index (χ0v) is 32.6. The minimum absolute atomic E-state index is 0.0454. The van der Waals surface area contributed by atoms with Crippen LogP contribution in [-0.2, 0) is 19.1 Å². The highest BCUT2D eigenvalue weighted by atomic mass is 16.6. The second-order valence-corrected chi connectivity index (χ2v) is 15.2. The van der Waals surface area contributed by atoms with Crippen LogP contribution in [0.5, 0.6) is 0 Å². The topological polar surface area (TPSA) is 175 Å². The molecular formula is C44H48N8O6. The molecule has 3 aliphatic rings. The second-order valence-electron chi connectivity index (χ2n) is 15.2. The average molecular weight is 785 g/mol. The predicted molar refractivity (Wildman–Crippen MR) is 216 cm³/mol. The van der Waals surface area contributed by atoms with Gasteiger partial charge >= 0.3 is 12.2 Å². The van der Waals surface area contributed by atoms with Gasteiger partial charge in [-0.25, -0.2) is 19.6 Å². The highest BCUT2D eigenvalue weighted by Crippen LogP contribution is 2.38. The Kier molecular flexibility index (Phi) is 11.2. The van der Waals surface area contributed by atoms with E-state index in [1.807, 2.05) is 29.3 Å². The molecule has 4 heterocycles. The molecule has 14 nitrogen and oxygen atoms in total. The molecule has 58 heavy (non-hydrogen) atoms. The van der Waals surface area contributed by atoms with E-state index in [4.69, 9.17) is 19.4 Å². The van der Waals surface area contributed by atoms with Crippen LogP contribution in [0.3, 0.4) is 0 Å². The third kappa shape index (κ3) is 8.04. The number of amides is 4. The van der Waals surface area contributed by atoms with Crippen LogP contribution in [0.4, 0.5) is 9.59 Å². The third-order valence-corrected chi connectivity index (χ3v) is 11.7. The van der Waals surface area contributed by atoms with Gasteiger partial charge in [0, 0.05) is 37.7 Å². The fraction of sp³-hybridized carbons (Fsp3) is 0.364. The molecule has 2 aromatic heterocycles. The van der Waals surface area contributed by atoms with Crippen molar-refractivity contribution < 1.29 is 28.7 Å². The summed E-state index contributed by atoms with van der Waals surface area (Å²) in [5.41, 5.74) is 6.45. The quantitative estimate of drug-likeness (QED) is 0.116. The van der Waals surface area contributed by atoms with Gasteiger partial charge in [0.15, 0.2) is 0 Å². The Bertz CT molecular complexity index is 2240. The second kappa shape index (κ2) is 17.0. The smallest absolute Gasteiger partial charge is 0.408 e. The molecule has 0 radical (unpaired) electrons. The van der Waals surface area contributed by atoms with E-state index in [-0.39, 0.29) is 35.9 Å². The summed E-state index contributed by atoms with van der Waals surface area (Å²) in [4.78, 5) is 71.4. The number of alkyl carbamates (subject to hydrolysis) is 2. The Morgan fingerprint density at radius 3 is 1.83 bits per heavy atom. The van der Waals surface area contributed by atoms with E-state index in [1.165, 1.54) is 14.2 Å². The lowest BCUT2D eigenvalue weighted by Crippen LogP contribution is -2.38. The normalized spacial score (nSPS) is 20.8. The molecule has 4 amide bonds. The lowest BCUT2D eigenvalue weighted by atomic mass is 10.0. The number of benzene rings is 3. The number of H-pyrrole nitrogens is 2. The number of imidazole rings is 2. The van der Waals surface area contributed by atoms with Gasteiger partial charge in [0.25, 0.3) is 5.91 Å². The molecule has 2 aliphatic heterocycles. The summed E-state index contributed by atoms with van der Waals surface area (Å²) in [7, 11) is 2.82. The summed E-state index contributed by atoms with van der Waals surface area (Å²) in [6.45, 7) is 1.24. The summed E-state index contributed by atoms with van der Waals surface area (Å²) < 4.78 is 10.3. The predicted octanol–water partition coefficient (Wildman–Crippen LogP) is 7.08. The first-order chi connectivity index (χ1) is 28.3. The van der Waals surface area contributed by atoms with E-state index in [2.05, 4.69) is 69.1 Å². The lowest BCUT2D eigenvalue weighted by Gasteiger charge is -2.28. The van der Waals surface area contributed by atoms with Gasteiger partial charge in [-0.15, -0.1) is 0 Å². The van der Waals surface area contributed by atoms with Gasteiger partial charge in [-0.2, -0.15) is 0 Å². The molecule has 3 fully saturated rings. The van der Waals surface area contributed by atoms with E-state index in [0.717, 1.165) is 78.0 Å². The van der Waals surface area contributed by atoms with Crippen molar-refractivity contribution >= 4 is 24.0 Å². The van der Waals surface area contributed by atoms with Crippen molar-refractivity contribution in [2.24, 2.45) is 5.92 Å². The van der Waals surface area contributed by atoms with Gasteiger partial charge in [0.1, 0.15) is 11.6 Å². The van der Waals surface area contributed by atoms with Gasteiger partial charge in [-0.05, 0) is 67.2 Å². The van der Waals surface area contributed by atoms with Crippen LogP contribution in [0.15, 0.2) is 91.3 Å². The number of aromatic nitrogens is 4. The number of carbonyl (C=O) groups excluding carboxylic acids is 4. The Hall–Kier alpha value is -6.44. The zero-order valence-electron chi connectivity index (χ0n) is 32.6. The van der Waals surface area contributed by atoms with Crippen LogP contribution in [0.2, 0.25) is 0 Å². The molecule has 5 aromatic rings. The highest BCUT2D eigenvalue weighted by molar-refractivity contribution is 5.85. The fourth-order valence-electron chi connectivity index (χ4n) is 8.62. The number of aromatic amines is 2. The molecule has 1 saturated carbocycles. The number of nitrogens with one attached hydrogen (secondary N) is 4. The summed E-state index contributed by atoms with van der Waals surface area (Å²) in [6.07, 6.45) is 6.91. The summed E-state index contributed by atoms with van der Waals surface area (Å²) in [6, 6.07) is 25.2. The number of hydrogen-bond donors (Lipinski definition) is 4. The van der Waals surface area contributed by atoms with Crippen LogP contribution in [0.1, 0.15) is 80.3 Å². The van der Waals surface area contributed by atoms with Gasteiger partial charge < -0.3 is 39.9 Å². The van der Waals surface area contributed by atoms with Crippen LogP contribution < -0.4 is 10.6 Å². The van der Waals surface area contributed by atoms with E-state index in [1.54, 1.807) is 23.2 Å². The Morgan fingerprint density at radius 2 is 1.26 bits per heavy atom. The highest BCUT2D eigenvalue weighted by Gasteiger charge is 2.40. The first-order valence-electron chi connectivity index (χ1n) is 20.0. The van der Waals surface area contributed by atoms with Gasteiger partial charge in [-0.3, -0.25) is 9.59 Å². The number of likely N-dealkylation sites (tertiary alicyclic amines) is 2. The summed E-state index contributed by atoms with van der Waals surface area (Å²) in [5.74, 6) is 1.22. The molecule has 300 valence electrons. The maximum atomic E-state index is 13.9. The minimum atomic E-state index is -1.06. The van der Waals surface area contributed by atoms with Crippen molar-refractivity contribution in [2.45, 2.75) is 69.2 Å². The molecule has 0 bridgehead atoms. The largest absolute Gasteiger partial charge is 0.453 e. The molecule has 14 heteroatoms. The monoisotopic (exact) mass is 784 g/mol. The molecule has 3 aromatic carbocycles. The number of hydrogen-bond acceptors (Lipinski definition) is 8. The van der Waals surface area contributed by atoms with Crippen molar-refractivity contribution in [3.63, 3.8) is 0 Å². The number of carbonyl (C=O) groups is 4. The molecule has 0 unspecified atom stereocenters. The van der Waals surface area contributed by atoms with Crippen molar-refractivity contribution in [1.29, 1.82) is 0 Å². The van der Waals surface area contributed by atoms with Gasteiger partial charge in [0.2, 0.25) is 12.0 Å². The van der Waals surface area contributed by atoms with E-state index < -0.39 is 18.3 Å². The van der Waals surface area contributed by atoms with Crippen molar-refractivity contribution in [3.8, 4) is 33.6 Å². The molecule has 1 aliphatic carbocycles. The zero-order chi connectivity index (χ0) is 40.2. The van der Waals surface area contributed by atoms with Crippen molar-refractivity contribution in [3.05, 3.63) is 108 Å². The maximum Gasteiger partial charge on any atom is 0.408 e. The van der Waals surface area contributed by atoms with E-state index in [0.29, 0.717) is 30.9 Å². The van der Waals surface area contributed by atoms with Crippen LogP contribution in [0, 0.1) is 5.92 Å². The first kappa shape index (κ1) is 38.4. The van der Waals surface area contributed by atoms with Crippen molar-refractivity contribution in [1.82, 2.24) is 40.4 Å². The van der Waals surface area contributed by atoms with Gasteiger partial charge in [-0.1, -0.05) is 78.9 Å². The lowest BCUT2D eigenvalue weighted by molar-refractivity contribution is -0.142. The van der Waals surface area contributed by atoms with Crippen LogP contribution >= 0.6 is 0 Å². The maximum absolute atomic E-state index is 13.9. The SMILES string of the molecule is CNC(=O)O[C@@H](C(=O)N1CCC[C@H]1c1ncc(-c2ccc(-c3ccc(-c4cnc([C@@H]5CCCN5C(=O)[C@H]5CC[C@@H](NC(=O)OC)C5)[nH]4)cc3)cc2)[nH]1)c1ccccc1. The van der Waals surface area contributed by atoms with Gasteiger partial charge in [0.05, 0.1) is 43.0 Å². The molecule has 8 rings (SSSR count). The van der Waals surface area contributed by atoms with Crippen LogP contribution in [0.25, 0.3) is 33.6 Å². The van der Waals surface area contributed by atoms with Crippen LogP contribution in [-0.4, -0.2) is 87.0 Å². The number of methoxy groups -OCH3 is 1. The standard InChI is InChI=1S/C44H48N8O6/c1-45-43(55)58-38(31-8-4-3-5-9-31)42(54)52-23-7-11-37(52)40-47-26-35(50-40)30-18-14-28(15-19-30)27-12-16-29(17-13-27)34-25-46-39(49-34)36-10-6-22-51(36)41(53)32-20-21-33(24-32)48-44(56)57-2/h3-5,8-9,12-19,25-26,32-33,36-38H,6-7,10-11,20-24H2,1-2H3,(H,45,55)(H,46,49)(H,47,50)(H,48,56)/t32-,33+,36-,37-,38+/m0/s1. The molecular weight excluding hydrogens is 737 g/mol. The number of rotatable bonds is 10. The molecule has 2 saturated heterocycles. The Balaban J connectivity index is 0.902. The summed E-state index contributed by atoms with van der Waals surface area (Å²) >= 11 is 0. The number of nitrogens with zero attached hydrogens (tertiary/aromatic N) is 4. The average Bonchev–Trinajstić information content (AvgIpc) is 4.12. The molecule has 4 N–H and O–H groups in total. The third-order valence-electron chi connectivity index (χ3n) is 11.7. The molecule has 5 atom stereocenters. The Morgan fingerprint density at radius 1 is 0.707 bits per heavy atom. The summed E-state index contributed by atoms with van der Waals surface area (Å²) in [5, 5.41) is 5.29. The Labute approximate surface area is 336 Å². The first-order valence-corrected chi connectivity index (χ1v) is 20.0. The van der Waals surface area contributed by atoms with E-state index >= 15 is 0 Å². The molecule has 0 spiro atoms.